The molecule has 4 nitrogen and oxygen atoms in total. The maximum Gasteiger partial charge on any atom is 0.210 e. The minimum atomic E-state index is 0. The summed E-state index contributed by atoms with van der Waals surface area (Å²) in [5, 5.41) is 3.60. The highest BCUT2D eigenvalue weighted by Gasteiger charge is 2.21. The Balaban J connectivity index is 0.00000306. The number of piperazine rings is 1. The Bertz CT molecular complexity index is 1030. The standard InChI is InChI=1S/C28H37N3O.ClH/c1-4-5-10-25-18-26-11-6-7-17-31(26)27(25)28(32)24-14-12-23(13-15-24)9-8-16-30-19-21(2)29-22(3)20-30;/h6-7,11-15,17-18,21-22,29H,4-5,8-10,16,19-20H2,1-3H3;1H/t21-,22+;. The first-order valence-corrected chi connectivity index (χ1v) is 12.3. The molecule has 4 rings (SSSR count). The summed E-state index contributed by atoms with van der Waals surface area (Å²) >= 11 is 0. The molecule has 3 aromatic rings. The molecule has 5 heteroatoms. The fourth-order valence-electron chi connectivity index (χ4n) is 5.08. The molecule has 0 spiro atoms. The minimum Gasteiger partial charge on any atom is -0.313 e. The van der Waals surface area contributed by atoms with E-state index in [1.54, 1.807) is 0 Å². The number of rotatable bonds is 9. The number of hydrogen-bond acceptors (Lipinski definition) is 3. The van der Waals surface area contributed by atoms with Gasteiger partial charge >= 0.3 is 0 Å². The van der Waals surface area contributed by atoms with Crippen LogP contribution in [-0.2, 0) is 12.8 Å². The Morgan fingerprint density at radius 1 is 1.00 bits per heavy atom. The zero-order valence-corrected chi connectivity index (χ0v) is 21.0. The summed E-state index contributed by atoms with van der Waals surface area (Å²) in [6, 6.07) is 17.7. The molecule has 33 heavy (non-hydrogen) atoms. The SMILES string of the molecule is CCCCc1cc2ccccn2c1C(=O)c1ccc(CCCN2C[C@@H](C)N[C@@H](C)C2)cc1.Cl. The monoisotopic (exact) mass is 467 g/mol. The van der Waals surface area contributed by atoms with Gasteiger partial charge in [-0.25, -0.2) is 0 Å². The Hall–Kier alpha value is -2.14. The molecule has 1 aliphatic rings. The molecule has 1 fully saturated rings. The molecule has 1 aromatic carbocycles. The molecule has 1 saturated heterocycles. The second-order valence-electron chi connectivity index (χ2n) is 9.48. The molecule has 178 valence electrons. The lowest BCUT2D eigenvalue weighted by molar-refractivity contribution is 0.103. The lowest BCUT2D eigenvalue weighted by Crippen LogP contribution is -2.54. The highest BCUT2D eigenvalue weighted by molar-refractivity contribution is 6.09. The van der Waals surface area contributed by atoms with Gasteiger partial charge < -0.3 is 14.6 Å². The van der Waals surface area contributed by atoms with Crippen molar-refractivity contribution in [1.29, 1.82) is 0 Å². The second kappa shape index (κ2) is 11.8. The molecule has 0 radical (unpaired) electrons. The lowest BCUT2D eigenvalue weighted by Gasteiger charge is -2.36. The summed E-state index contributed by atoms with van der Waals surface area (Å²) in [7, 11) is 0. The van der Waals surface area contributed by atoms with E-state index in [1.165, 1.54) is 5.56 Å². The molecule has 0 saturated carbocycles. The predicted octanol–water partition coefficient (Wildman–Crippen LogP) is 5.55. The van der Waals surface area contributed by atoms with Crippen molar-refractivity contribution in [2.45, 2.75) is 65.0 Å². The van der Waals surface area contributed by atoms with Crippen LogP contribution in [0.1, 0.15) is 67.2 Å². The number of nitrogens with zero attached hydrogens (tertiary/aromatic N) is 2. The first-order chi connectivity index (χ1) is 15.5. The van der Waals surface area contributed by atoms with E-state index in [0.29, 0.717) is 12.1 Å². The molecule has 1 aliphatic heterocycles. The van der Waals surface area contributed by atoms with Gasteiger partial charge in [-0.2, -0.15) is 0 Å². The highest BCUT2D eigenvalue weighted by atomic mass is 35.5. The van der Waals surface area contributed by atoms with Crippen LogP contribution in [0, 0.1) is 0 Å². The number of hydrogen-bond donors (Lipinski definition) is 1. The molecular weight excluding hydrogens is 430 g/mol. The van der Waals surface area contributed by atoms with Gasteiger partial charge in [0.25, 0.3) is 0 Å². The Morgan fingerprint density at radius 2 is 1.73 bits per heavy atom. The van der Waals surface area contributed by atoms with E-state index in [4.69, 9.17) is 0 Å². The predicted molar refractivity (Wildman–Crippen MR) is 140 cm³/mol. The van der Waals surface area contributed by atoms with Crippen molar-refractivity contribution in [2.75, 3.05) is 19.6 Å². The van der Waals surface area contributed by atoms with Gasteiger partial charge in [-0.15, -0.1) is 12.4 Å². The topological polar surface area (TPSA) is 36.8 Å². The molecule has 2 aromatic heterocycles. The van der Waals surface area contributed by atoms with Crippen LogP contribution in [0.2, 0.25) is 0 Å². The quantitative estimate of drug-likeness (QED) is 0.419. The number of unbranched alkanes of at least 4 members (excludes halogenated alkanes) is 1. The van der Waals surface area contributed by atoms with E-state index >= 15 is 0 Å². The van der Waals surface area contributed by atoms with Crippen LogP contribution in [0.3, 0.4) is 0 Å². The lowest BCUT2D eigenvalue weighted by atomic mass is 10.00. The van der Waals surface area contributed by atoms with Crippen LogP contribution < -0.4 is 5.32 Å². The maximum atomic E-state index is 13.5. The van der Waals surface area contributed by atoms with Crippen LogP contribution in [0.15, 0.2) is 54.7 Å². The van der Waals surface area contributed by atoms with Gasteiger partial charge in [0.05, 0.1) is 5.69 Å². The molecule has 0 bridgehead atoms. The average molecular weight is 468 g/mol. The maximum absolute atomic E-state index is 13.5. The van der Waals surface area contributed by atoms with Crippen molar-refractivity contribution < 1.29 is 4.79 Å². The van der Waals surface area contributed by atoms with Crippen molar-refractivity contribution in [2.24, 2.45) is 0 Å². The van der Waals surface area contributed by atoms with E-state index in [-0.39, 0.29) is 18.2 Å². The number of aromatic nitrogens is 1. The number of nitrogens with one attached hydrogen (secondary N) is 1. The van der Waals surface area contributed by atoms with Crippen LogP contribution in [-0.4, -0.2) is 46.8 Å². The largest absolute Gasteiger partial charge is 0.313 e. The van der Waals surface area contributed by atoms with Crippen molar-refractivity contribution in [3.63, 3.8) is 0 Å². The van der Waals surface area contributed by atoms with E-state index in [9.17, 15) is 4.79 Å². The Labute approximate surface area is 204 Å². The van der Waals surface area contributed by atoms with Crippen molar-refractivity contribution in [3.8, 4) is 0 Å². The van der Waals surface area contributed by atoms with Gasteiger partial charge in [-0.1, -0.05) is 43.7 Å². The fourth-order valence-corrected chi connectivity index (χ4v) is 5.08. The van der Waals surface area contributed by atoms with Crippen LogP contribution >= 0.6 is 12.4 Å². The van der Waals surface area contributed by atoms with Crippen LogP contribution in [0.5, 0.6) is 0 Å². The van der Waals surface area contributed by atoms with Gasteiger partial charge in [0, 0.05) is 42.5 Å². The number of carbonyl (C=O) groups is 1. The van der Waals surface area contributed by atoms with E-state index in [2.05, 4.69) is 59.7 Å². The van der Waals surface area contributed by atoms with Gasteiger partial charge in [0.2, 0.25) is 5.78 Å². The number of benzene rings is 1. The fraction of sp³-hybridized carbons (Fsp3) is 0.464. The second-order valence-corrected chi connectivity index (χ2v) is 9.48. The third kappa shape index (κ3) is 6.26. The zero-order chi connectivity index (χ0) is 22.5. The molecule has 0 aliphatic carbocycles. The van der Waals surface area contributed by atoms with E-state index in [0.717, 1.165) is 74.1 Å². The van der Waals surface area contributed by atoms with Gasteiger partial charge in [-0.05, 0) is 75.4 Å². The number of carbonyl (C=O) groups excluding carboxylic acids is 1. The smallest absolute Gasteiger partial charge is 0.210 e. The number of fused-ring (bicyclic) bond motifs is 1. The number of halogens is 1. The molecule has 3 heterocycles. The van der Waals surface area contributed by atoms with E-state index in [1.807, 2.05) is 30.5 Å². The minimum absolute atomic E-state index is 0. The summed E-state index contributed by atoms with van der Waals surface area (Å²) in [5.74, 6) is 0.123. The van der Waals surface area contributed by atoms with Gasteiger partial charge in [-0.3, -0.25) is 4.79 Å². The zero-order valence-electron chi connectivity index (χ0n) is 20.2. The Kier molecular flexibility index (Phi) is 9.13. The normalized spacial score (nSPS) is 18.9. The average Bonchev–Trinajstić information content (AvgIpc) is 3.15. The summed E-state index contributed by atoms with van der Waals surface area (Å²) in [6.07, 6.45) is 7.38. The summed E-state index contributed by atoms with van der Waals surface area (Å²) in [4.78, 5) is 16.0. The molecule has 0 unspecified atom stereocenters. The summed E-state index contributed by atoms with van der Waals surface area (Å²) < 4.78 is 2.05. The van der Waals surface area contributed by atoms with Crippen LogP contribution in [0.25, 0.3) is 5.52 Å². The molecule has 1 N–H and O–H groups in total. The highest BCUT2D eigenvalue weighted by Crippen LogP contribution is 2.22. The van der Waals surface area contributed by atoms with Crippen molar-refractivity contribution in [3.05, 3.63) is 77.1 Å². The van der Waals surface area contributed by atoms with E-state index < -0.39 is 0 Å². The molecular formula is C28H38ClN3O. The summed E-state index contributed by atoms with van der Waals surface area (Å²) in [6.45, 7) is 10.1. The van der Waals surface area contributed by atoms with Gasteiger partial charge in [0.1, 0.15) is 0 Å². The third-order valence-electron chi connectivity index (χ3n) is 6.56. The molecule has 2 atom stereocenters. The first kappa shape index (κ1) is 25.5. The van der Waals surface area contributed by atoms with Gasteiger partial charge in [0.15, 0.2) is 0 Å². The summed E-state index contributed by atoms with van der Waals surface area (Å²) in [5.41, 5.74) is 5.16. The number of pyridine rings is 1. The number of ketones is 1. The van der Waals surface area contributed by atoms with Crippen molar-refractivity contribution >= 4 is 23.7 Å². The third-order valence-corrected chi connectivity index (χ3v) is 6.56. The Morgan fingerprint density at radius 3 is 2.42 bits per heavy atom. The van der Waals surface area contributed by atoms with Crippen LogP contribution in [0.4, 0.5) is 0 Å². The molecule has 0 amide bonds. The number of aryl methyl sites for hydroxylation is 2. The first-order valence-electron chi connectivity index (χ1n) is 12.3. The van der Waals surface area contributed by atoms with Crippen molar-refractivity contribution in [1.82, 2.24) is 14.6 Å².